The summed E-state index contributed by atoms with van der Waals surface area (Å²) in [5.41, 5.74) is 0. The third-order valence-corrected chi connectivity index (χ3v) is 4.52. The molecule has 0 fully saturated rings. The second kappa shape index (κ2) is 4.66. The second-order valence-electron chi connectivity index (χ2n) is 2.67. The van der Waals surface area contributed by atoms with Crippen LogP contribution < -0.4 is 0 Å². The maximum Gasteiger partial charge on any atom is 0.132 e. The third-order valence-electron chi connectivity index (χ3n) is 2.04. The molecule has 0 aliphatic heterocycles. The monoisotopic (exact) mass is 169 g/mol. The Bertz CT molecular complexity index is 164. The van der Waals surface area contributed by atoms with E-state index in [9.17, 15) is 0 Å². The first-order valence-corrected chi connectivity index (χ1v) is 5.98. The zero-order chi connectivity index (χ0) is 8.10. The molecule has 1 rings (SSSR count). The molecule has 1 aliphatic rings. The van der Waals surface area contributed by atoms with Gasteiger partial charge in [0.05, 0.1) is 0 Å². The first kappa shape index (κ1) is 8.92. The minimum Gasteiger partial charge on any atom is -0.0839 e. The van der Waals surface area contributed by atoms with E-state index in [1.807, 2.05) is 0 Å². The van der Waals surface area contributed by atoms with Gasteiger partial charge in [-0.1, -0.05) is 12.2 Å². The maximum atomic E-state index is 2.32. The Morgan fingerprint density at radius 1 is 1.36 bits per heavy atom. The highest BCUT2D eigenvalue weighted by Gasteiger charge is 2.19. The highest BCUT2D eigenvalue weighted by molar-refractivity contribution is 8.00. The first-order valence-electron chi connectivity index (χ1n) is 4.41. The average Bonchev–Trinajstić information content (AvgIpc) is 2.09. The van der Waals surface area contributed by atoms with Crippen molar-refractivity contribution in [1.82, 2.24) is 0 Å². The molecular formula is C10H17S+. The largest absolute Gasteiger partial charge is 0.132 e. The highest BCUT2D eigenvalue weighted by atomic mass is 32.2. The predicted molar refractivity (Wildman–Crippen MR) is 54.9 cm³/mol. The Balaban J connectivity index is 2.56. The van der Waals surface area contributed by atoms with Crippen LogP contribution in [0.25, 0.3) is 0 Å². The van der Waals surface area contributed by atoms with Gasteiger partial charge in [0.25, 0.3) is 0 Å². The van der Waals surface area contributed by atoms with Crippen molar-refractivity contribution in [1.29, 1.82) is 0 Å². The van der Waals surface area contributed by atoms with Gasteiger partial charge in [0, 0.05) is 17.3 Å². The lowest BCUT2D eigenvalue weighted by molar-refractivity contribution is 1.02. The summed E-state index contributed by atoms with van der Waals surface area (Å²) in [5.74, 6) is 2.66. The number of hydrogen-bond acceptors (Lipinski definition) is 0. The van der Waals surface area contributed by atoms with Gasteiger partial charge >= 0.3 is 0 Å². The Hall–Kier alpha value is -0.170. The van der Waals surface area contributed by atoms with E-state index in [2.05, 4.69) is 32.1 Å². The van der Waals surface area contributed by atoms with E-state index in [0.717, 1.165) is 0 Å². The molecule has 0 nitrogen and oxygen atoms in total. The first-order chi connectivity index (χ1) is 5.38. The molecule has 0 radical (unpaired) electrons. The van der Waals surface area contributed by atoms with Crippen LogP contribution in [0.2, 0.25) is 0 Å². The van der Waals surface area contributed by atoms with E-state index in [0.29, 0.717) is 10.9 Å². The smallest absolute Gasteiger partial charge is 0.0839 e. The molecule has 62 valence electrons. The molecule has 0 aromatic carbocycles. The van der Waals surface area contributed by atoms with Crippen LogP contribution in [0, 0.1) is 0 Å². The Morgan fingerprint density at radius 3 is 2.55 bits per heavy atom. The molecule has 0 aromatic heterocycles. The van der Waals surface area contributed by atoms with E-state index >= 15 is 0 Å². The zero-order valence-corrected chi connectivity index (χ0v) is 8.29. The second-order valence-corrected chi connectivity index (χ2v) is 5.33. The summed E-state index contributed by atoms with van der Waals surface area (Å²) in [5, 5.41) is 0. The molecule has 11 heavy (non-hydrogen) atoms. The summed E-state index contributed by atoms with van der Waals surface area (Å²) >= 11 is 0. The predicted octanol–water partition coefficient (Wildman–Crippen LogP) is 2.88. The molecule has 0 heterocycles. The molecular weight excluding hydrogens is 152 g/mol. The van der Waals surface area contributed by atoms with Crippen LogP contribution in [0.4, 0.5) is 0 Å². The normalized spacial score (nSPS) is 17.2. The average molecular weight is 169 g/mol. The molecule has 0 atom stereocenters. The van der Waals surface area contributed by atoms with E-state index in [1.54, 1.807) is 4.91 Å². The van der Waals surface area contributed by atoms with Crippen molar-refractivity contribution < 1.29 is 0 Å². The molecule has 0 N–H and O–H groups in total. The Labute approximate surface area is 72.7 Å². The molecule has 1 heteroatoms. The van der Waals surface area contributed by atoms with Crippen LogP contribution in [-0.4, -0.2) is 11.5 Å². The Kier molecular flexibility index (Phi) is 3.78. The molecule has 0 saturated carbocycles. The topological polar surface area (TPSA) is 0 Å². The SMILES string of the molecule is CC[S+](CC)C1=CC=CCC1. The van der Waals surface area contributed by atoms with Crippen molar-refractivity contribution in [3.63, 3.8) is 0 Å². The van der Waals surface area contributed by atoms with Crippen LogP contribution in [0.1, 0.15) is 26.7 Å². The fourth-order valence-electron chi connectivity index (χ4n) is 1.40. The maximum absolute atomic E-state index is 2.32. The number of rotatable bonds is 3. The van der Waals surface area contributed by atoms with Crippen LogP contribution in [0.15, 0.2) is 23.1 Å². The summed E-state index contributed by atoms with van der Waals surface area (Å²) in [6, 6.07) is 0. The highest BCUT2D eigenvalue weighted by Crippen LogP contribution is 2.20. The van der Waals surface area contributed by atoms with Gasteiger partial charge in [0.1, 0.15) is 16.4 Å². The molecule has 1 aliphatic carbocycles. The molecule has 0 spiro atoms. The summed E-state index contributed by atoms with van der Waals surface area (Å²) in [4.78, 5) is 1.69. The Morgan fingerprint density at radius 2 is 2.09 bits per heavy atom. The molecule has 0 aromatic rings. The number of hydrogen-bond donors (Lipinski definition) is 0. The van der Waals surface area contributed by atoms with Crippen molar-refractivity contribution in [2.24, 2.45) is 0 Å². The van der Waals surface area contributed by atoms with Gasteiger partial charge in [-0.3, -0.25) is 0 Å². The fourth-order valence-corrected chi connectivity index (χ4v) is 3.22. The van der Waals surface area contributed by atoms with Crippen molar-refractivity contribution in [2.75, 3.05) is 11.5 Å². The van der Waals surface area contributed by atoms with Crippen LogP contribution >= 0.6 is 0 Å². The van der Waals surface area contributed by atoms with Gasteiger partial charge in [-0.2, -0.15) is 0 Å². The molecule has 0 saturated heterocycles. The standard InChI is InChI=1S/C10H17S/c1-3-11(4-2)10-8-6-5-7-9-10/h5-6,8H,3-4,7,9H2,1-2H3/q+1. The van der Waals surface area contributed by atoms with Gasteiger partial charge in [-0.05, 0) is 26.3 Å². The van der Waals surface area contributed by atoms with E-state index in [-0.39, 0.29) is 0 Å². The van der Waals surface area contributed by atoms with Gasteiger partial charge in [0.2, 0.25) is 0 Å². The molecule has 0 bridgehead atoms. The summed E-state index contributed by atoms with van der Waals surface area (Å²) in [6.07, 6.45) is 9.36. The van der Waals surface area contributed by atoms with Crippen LogP contribution in [0.5, 0.6) is 0 Å². The minimum absolute atomic E-state index is 0.585. The van der Waals surface area contributed by atoms with Gasteiger partial charge in [-0.15, -0.1) is 0 Å². The lowest BCUT2D eigenvalue weighted by Gasteiger charge is -2.08. The lowest BCUT2D eigenvalue weighted by atomic mass is 10.2. The summed E-state index contributed by atoms with van der Waals surface area (Å²) in [7, 11) is 0.585. The quantitative estimate of drug-likeness (QED) is 0.570. The van der Waals surface area contributed by atoms with Gasteiger partial charge in [-0.25, -0.2) is 0 Å². The van der Waals surface area contributed by atoms with E-state index in [1.165, 1.54) is 24.3 Å². The molecule has 0 unspecified atom stereocenters. The van der Waals surface area contributed by atoms with E-state index < -0.39 is 0 Å². The summed E-state index contributed by atoms with van der Waals surface area (Å²) in [6.45, 7) is 4.59. The summed E-state index contributed by atoms with van der Waals surface area (Å²) < 4.78 is 0. The van der Waals surface area contributed by atoms with E-state index in [4.69, 9.17) is 0 Å². The van der Waals surface area contributed by atoms with Crippen molar-refractivity contribution in [3.8, 4) is 0 Å². The minimum atomic E-state index is 0.585. The lowest BCUT2D eigenvalue weighted by Crippen LogP contribution is -2.11. The van der Waals surface area contributed by atoms with Crippen molar-refractivity contribution >= 4 is 10.9 Å². The third kappa shape index (κ3) is 2.41. The van der Waals surface area contributed by atoms with Crippen LogP contribution in [0.3, 0.4) is 0 Å². The fraction of sp³-hybridized carbons (Fsp3) is 0.600. The number of allylic oxidation sites excluding steroid dienone is 4. The zero-order valence-electron chi connectivity index (χ0n) is 7.47. The molecule has 0 amide bonds. The van der Waals surface area contributed by atoms with Gasteiger partial charge < -0.3 is 0 Å². The van der Waals surface area contributed by atoms with Crippen molar-refractivity contribution in [2.45, 2.75) is 26.7 Å². The van der Waals surface area contributed by atoms with Crippen LogP contribution in [-0.2, 0) is 10.9 Å². The van der Waals surface area contributed by atoms with Crippen molar-refractivity contribution in [3.05, 3.63) is 23.1 Å². The van der Waals surface area contributed by atoms with Gasteiger partial charge in [0.15, 0.2) is 0 Å².